The van der Waals surface area contributed by atoms with Gasteiger partial charge in [0.05, 0.1) is 19.3 Å². The van der Waals surface area contributed by atoms with Gasteiger partial charge in [0.25, 0.3) is 0 Å². The Morgan fingerprint density at radius 3 is 2.59 bits per heavy atom. The molecule has 2 amide bonds. The fourth-order valence-corrected chi connectivity index (χ4v) is 4.33. The number of carbonyl (C=O) groups is 2. The number of hydrogen-bond donors (Lipinski definition) is 1. The summed E-state index contributed by atoms with van der Waals surface area (Å²) in [6, 6.07) is 6.53. The van der Waals surface area contributed by atoms with E-state index < -0.39 is 18.4 Å². The minimum atomic E-state index is -1.30. The first-order valence-corrected chi connectivity index (χ1v) is 10.2. The molecule has 0 spiro atoms. The Labute approximate surface area is 174 Å². The predicted octanol–water partition coefficient (Wildman–Crippen LogP) is 1.20. The van der Waals surface area contributed by atoms with Gasteiger partial charge in [-0.25, -0.2) is 4.39 Å². The van der Waals surface area contributed by atoms with E-state index in [1.807, 2.05) is 12.1 Å². The number of halogens is 2. The van der Waals surface area contributed by atoms with Gasteiger partial charge in [-0.15, -0.1) is 0 Å². The monoisotopic (exact) mass is 425 g/mol. The SMILES string of the molecule is COC1CNC(N2CC(=O)N(Cc3ccc(Cl)cc3)[C@H](C3COC3)C2=O)C(F)C1. The topological polar surface area (TPSA) is 71.1 Å². The molecule has 3 unspecified atom stereocenters. The van der Waals surface area contributed by atoms with Crippen molar-refractivity contribution in [3.63, 3.8) is 0 Å². The number of nitrogens with zero attached hydrogens (tertiary/aromatic N) is 2. The molecule has 3 fully saturated rings. The van der Waals surface area contributed by atoms with Crippen LogP contribution >= 0.6 is 11.6 Å². The lowest BCUT2D eigenvalue weighted by Crippen LogP contribution is -2.70. The highest BCUT2D eigenvalue weighted by Crippen LogP contribution is 2.30. The van der Waals surface area contributed by atoms with E-state index in [0.29, 0.717) is 31.3 Å². The predicted molar refractivity (Wildman–Crippen MR) is 104 cm³/mol. The molecule has 4 atom stereocenters. The molecule has 158 valence electrons. The van der Waals surface area contributed by atoms with Gasteiger partial charge in [0, 0.05) is 37.6 Å². The second kappa shape index (κ2) is 8.55. The molecule has 0 aliphatic carbocycles. The molecule has 1 N–H and O–H groups in total. The average Bonchev–Trinajstić information content (AvgIpc) is 2.67. The molecule has 3 saturated heterocycles. The van der Waals surface area contributed by atoms with E-state index in [9.17, 15) is 14.0 Å². The first-order valence-electron chi connectivity index (χ1n) is 9.80. The number of amides is 2. The molecule has 3 aliphatic rings. The van der Waals surface area contributed by atoms with Gasteiger partial charge in [0.15, 0.2) is 0 Å². The van der Waals surface area contributed by atoms with Crippen molar-refractivity contribution >= 4 is 23.4 Å². The maximum absolute atomic E-state index is 14.8. The van der Waals surface area contributed by atoms with Crippen LogP contribution in [0.25, 0.3) is 0 Å². The summed E-state index contributed by atoms with van der Waals surface area (Å²) in [5.74, 6) is -0.517. The van der Waals surface area contributed by atoms with Crippen molar-refractivity contribution in [1.82, 2.24) is 15.1 Å². The molecule has 29 heavy (non-hydrogen) atoms. The van der Waals surface area contributed by atoms with E-state index in [4.69, 9.17) is 21.1 Å². The van der Waals surface area contributed by atoms with E-state index in [2.05, 4.69) is 5.32 Å². The Balaban J connectivity index is 1.54. The summed E-state index contributed by atoms with van der Waals surface area (Å²) in [7, 11) is 1.54. The zero-order chi connectivity index (χ0) is 20.5. The fourth-order valence-electron chi connectivity index (χ4n) is 4.20. The van der Waals surface area contributed by atoms with E-state index in [-0.39, 0.29) is 36.8 Å². The molecule has 0 radical (unpaired) electrons. The highest BCUT2D eigenvalue weighted by atomic mass is 35.5. The van der Waals surface area contributed by atoms with Crippen molar-refractivity contribution in [2.45, 2.75) is 37.4 Å². The largest absolute Gasteiger partial charge is 0.380 e. The van der Waals surface area contributed by atoms with E-state index in [1.54, 1.807) is 17.0 Å². The number of piperazine rings is 1. The Morgan fingerprint density at radius 1 is 1.28 bits per heavy atom. The zero-order valence-corrected chi connectivity index (χ0v) is 17.0. The van der Waals surface area contributed by atoms with Crippen LogP contribution in [0.1, 0.15) is 12.0 Å². The van der Waals surface area contributed by atoms with Crippen molar-refractivity contribution in [1.29, 1.82) is 0 Å². The van der Waals surface area contributed by atoms with Crippen LogP contribution in [-0.2, 0) is 25.6 Å². The van der Waals surface area contributed by atoms with Crippen molar-refractivity contribution in [2.75, 3.05) is 33.4 Å². The lowest BCUT2D eigenvalue weighted by atomic mass is 9.91. The van der Waals surface area contributed by atoms with Gasteiger partial charge >= 0.3 is 0 Å². The molecule has 1 aromatic rings. The van der Waals surface area contributed by atoms with Crippen molar-refractivity contribution in [3.8, 4) is 0 Å². The Hall–Kier alpha value is -1.74. The number of benzene rings is 1. The summed E-state index contributed by atoms with van der Waals surface area (Å²) in [6.07, 6.45) is -2.17. The Kier molecular flexibility index (Phi) is 6.06. The molecule has 1 aromatic carbocycles. The smallest absolute Gasteiger partial charge is 0.247 e. The average molecular weight is 426 g/mol. The molecule has 0 bridgehead atoms. The van der Waals surface area contributed by atoms with Gasteiger partial charge in [0.2, 0.25) is 11.8 Å². The number of ether oxygens (including phenoxy) is 2. The number of methoxy groups -OCH3 is 1. The van der Waals surface area contributed by atoms with Crippen molar-refractivity contribution in [2.24, 2.45) is 5.92 Å². The van der Waals surface area contributed by atoms with Gasteiger partial charge in [0.1, 0.15) is 24.9 Å². The molecule has 3 aliphatic heterocycles. The highest BCUT2D eigenvalue weighted by Gasteiger charge is 2.49. The molecule has 0 aromatic heterocycles. The molecule has 3 heterocycles. The number of piperidine rings is 1. The van der Waals surface area contributed by atoms with Gasteiger partial charge in [-0.1, -0.05) is 23.7 Å². The second-order valence-electron chi connectivity index (χ2n) is 7.82. The van der Waals surface area contributed by atoms with Crippen LogP contribution in [0.3, 0.4) is 0 Å². The number of rotatable bonds is 5. The molecule has 9 heteroatoms. The van der Waals surface area contributed by atoms with Gasteiger partial charge in [-0.2, -0.15) is 0 Å². The summed E-state index contributed by atoms with van der Waals surface area (Å²) in [5, 5.41) is 3.65. The molecule has 4 rings (SSSR count). The third-order valence-electron chi connectivity index (χ3n) is 5.93. The maximum atomic E-state index is 14.8. The molecule has 0 saturated carbocycles. The van der Waals surface area contributed by atoms with Crippen LogP contribution in [-0.4, -0.2) is 79.5 Å². The normalized spacial score (nSPS) is 31.1. The number of hydrogen-bond acceptors (Lipinski definition) is 5. The third-order valence-corrected chi connectivity index (χ3v) is 6.18. The van der Waals surface area contributed by atoms with Crippen LogP contribution in [0.5, 0.6) is 0 Å². The summed E-state index contributed by atoms with van der Waals surface area (Å²) in [5.41, 5.74) is 0.885. The number of carbonyl (C=O) groups excluding carboxylic acids is 2. The molecular formula is C20H25ClFN3O4. The number of alkyl halides is 1. The number of nitrogens with one attached hydrogen (secondary N) is 1. The van der Waals surface area contributed by atoms with E-state index >= 15 is 0 Å². The summed E-state index contributed by atoms with van der Waals surface area (Å²) in [4.78, 5) is 29.4. The third kappa shape index (κ3) is 4.12. The minimum absolute atomic E-state index is 0.0880. The summed E-state index contributed by atoms with van der Waals surface area (Å²) >= 11 is 5.95. The van der Waals surface area contributed by atoms with E-state index in [0.717, 1.165) is 5.56 Å². The minimum Gasteiger partial charge on any atom is -0.380 e. The van der Waals surface area contributed by atoms with Crippen molar-refractivity contribution in [3.05, 3.63) is 34.9 Å². The van der Waals surface area contributed by atoms with E-state index in [1.165, 1.54) is 12.0 Å². The first kappa shape index (κ1) is 20.5. The van der Waals surface area contributed by atoms with Crippen LogP contribution in [0.15, 0.2) is 24.3 Å². The Morgan fingerprint density at radius 2 is 2.00 bits per heavy atom. The van der Waals surface area contributed by atoms with Crippen LogP contribution in [0, 0.1) is 5.92 Å². The van der Waals surface area contributed by atoms with Gasteiger partial charge in [-0.05, 0) is 17.7 Å². The zero-order valence-electron chi connectivity index (χ0n) is 16.2. The lowest BCUT2D eigenvalue weighted by Gasteiger charge is -2.49. The van der Waals surface area contributed by atoms with Crippen LogP contribution in [0.4, 0.5) is 4.39 Å². The maximum Gasteiger partial charge on any atom is 0.247 e. The molecular weight excluding hydrogens is 401 g/mol. The molecule has 7 nitrogen and oxygen atoms in total. The quantitative estimate of drug-likeness (QED) is 0.767. The van der Waals surface area contributed by atoms with Gasteiger partial charge in [-0.3, -0.25) is 14.9 Å². The standard InChI is InChI=1S/C20H25ClFN3O4/c1-28-15-6-16(22)19(23-7-15)25-9-17(26)24(8-12-2-4-14(21)5-3-12)18(20(25)27)13-10-29-11-13/h2-5,13,15-16,18-19,23H,6-11H2,1H3/t15?,16?,18-,19?/m1/s1. The van der Waals surface area contributed by atoms with Crippen LogP contribution < -0.4 is 5.32 Å². The van der Waals surface area contributed by atoms with Crippen molar-refractivity contribution < 1.29 is 23.5 Å². The first-order chi connectivity index (χ1) is 14.0. The lowest BCUT2D eigenvalue weighted by molar-refractivity contribution is -0.174. The fraction of sp³-hybridized carbons (Fsp3) is 0.600. The Bertz CT molecular complexity index is 761. The highest BCUT2D eigenvalue weighted by molar-refractivity contribution is 6.30. The van der Waals surface area contributed by atoms with Crippen LogP contribution in [0.2, 0.25) is 5.02 Å². The van der Waals surface area contributed by atoms with Gasteiger partial charge < -0.3 is 19.3 Å². The second-order valence-corrected chi connectivity index (χ2v) is 8.26. The summed E-state index contributed by atoms with van der Waals surface area (Å²) in [6.45, 7) is 1.42. The summed E-state index contributed by atoms with van der Waals surface area (Å²) < 4.78 is 25.3.